The van der Waals surface area contributed by atoms with E-state index in [1.54, 1.807) is 34.7 Å². The molecule has 0 radical (unpaired) electrons. The van der Waals surface area contributed by atoms with Crippen LogP contribution in [0.1, 0.15) is 24.0 Å². The third-order valence-electron chi connectivity index (χ3n) is 5.13. The number of halogens is 3. The molecule has 0 spiro atoms. The van der Waals surface area contributed by atoms with Crippen LogP contribution in [0.25, 0.3) is 0 Å². The van der Waals surface area contributed by atoms with Crippen LogP contribution in [-0.4, -0.2) is 33.5 Å². The molecule has 2 aromatic rings. The average Bonchev–Trinajstić information content (AvgIpc) is 2.83. The number of rotatable bonds is 4. The number of fused-ring (bicyclic) bond motifs is 1. The monoisotopic (exact) mass is 539 g/mol. The quantitative estimate of drug-likeness (QED) is 0.138. The lowest BCUT2D eigenvalue weighted by Crippen LogP contribution is -2.55. The maximum Gasteiger partial charge on any atom is 0.286 e. The summed E-state index contributed by atoms with van der Waals surface area (Å²) in [7, 11) is 0. The van der Waals surface area contributed by atoms with Gasteiger partial charge >= 0.3 is 0 Å². The average molecular weight is 539 g/mol. The molecule has 2 atom stereocenters. The summed E-state index contributed by atoms with van der Waals surface area (Å²) in [6.45, 7) is 0. The molecular formula is C21H20F2IN5O2. The Bertz CT molecular complexity index is 1050. The van der Waals surface area contributed by atoms with Crippen molar-refractivity contribution in [1.82, 2.24) is 0 Å². The fourth-order valence-electron chi connectivity index (χ4n) is 3.49. The largest absolute Gasteiger partial charge is 0.434 e. The van der Waals surface area contributed by atoms with Crippen molar-refractivity contribution in [2.45, 2.75) is 28.7 Å². The highest BCUT2D eigenvalue weighted by atomic mass is 127. The molecule has 1 aliphatic heterocycles. The van der Waals surface area contributed by atoms with E-state index in [0.29, 0.717) is 11.4 Å². The number of carbonyl (C=O) groups excluding carboxylic acids is 1. The third-order valence-corrected chi connectivity index (χ3v) is 6.23. The summed E-state index contributed by atoms with van der Waals surface area (Å²) in [6.07, 6.45) is -2.03. The normalized spacial score (nSPS) is 22.8. The van der Waals surface area contributed by atoms with E-state index >= 15 is 0 Å². The molecule has 0 aromatic heterocycles. The predicted octanol–water partition coefficient (Wildman–Crippen LogP) is 3.23. The highest BCUT2D eigenvalue weighted by Crippen LogP contribution is 2.49. The number of alkyl halides is 3. The molecule has 5 N–H and O–H groups in total. The van der Waals surface area contributed by atoms with Crippen LogP contribution >= 0.6 is 22.6 Å². The first-order chi connectivity index (χ1) is 14.6. The van der Waals surface area contributed by atoms with Crippen molar-refractivity contribution in [2.75, 3.05) is 5.32 Å². The number of carbonyl (C=O) groups is 1. The minimum atomic E-state index is -2.75. The second-order valence-electron chi connectivity index (χ2n) is 7.48. The van der Waals surface area contributed by atoms with Crippen molar-refractivity contribution in [3.63, 3.8) is 0 Å². The Hall–Kier alpha value is -2.60. The van der Waals surface area contributed by atoms with Crippen molar-refractivity contribution in [2.24, 2.45) is 27.4 Å². The minimum Gasteiger partial charge on any atom is -0.434 e. The van der Waals surface area contributed by atoms with E-state index in [9.17, 15) is 13.6 Å². The third kappa shape index (κ3) is 4.69. The Morgan fingerprint density at radius 1 is 1.19 bits per heavy atom. The zero-order valence-corrected chi connectivity index (χ0v) is 18.4. The number of hydrogen-bond donors (Lipinski definition) is 3. The SMILES string of the molecule is NC(=NC1N=C(c2ccccc2)c2ccccc2NC1=O)OC(N)(I)C1CC(F)(F)C1. The zero-order chi connectivity index (χ0) is 22.2. The zero-order valence-electron chi connectivity index (χ0n) is 16.3. The first kappa shape index (κ1) is 21.6. The topological polar surface area (TPSA) is 115 Å². The first-order valence-electron chi connectivity index (χ1n) is 9.56. The highest BCUT2D eigenvalue weighted by molar-refractivity contribution is 14.1. The summed E-state index contributed by atoms with van der Waals surface area (Å²) < 4.78 is 30.4. The van der Waals surface area contributed by atoms with Gasteiger partial charge in [0.25, 0.3) is 11.9 Å². The molecule has 1 fully saturated rings. The van der Waals surface area contributed by atoms with E-state index in [-0.39, 0.29) is 0 Å². The van der Waals surface area contributed by atoms with E-state index in [4.69, 9.17) is 16.2 Å². The molecule has 10 heteroatoms. The summed E-state index contributed by atoms with van der Waals surface area (Å²) in [4.78, 5) is 21.4. The number of nitrogens with two attached hydrogens (primary N) is 2. The van der Waals surface area contributed by atoms with Crippen LogP contribution in [0.3, 0.4) is 0 Å². The van der Waals surface area contributed by atoms with Crippen molar-refractivity contribution in [3.05, 3.63) is 65.7 Å². The molecule has 31 heavy (non-hydrogen) atoms. The van der Waals surface area contributed by atoms with Gasteiger partial charge in [-0.2, -0.15) is 4.99 Å². The Morgan fingerprint density at radius 2 is 1.84 bits per heavy atom. The summed E-state index contributed by atoms with van der Waals surface area (Å²) in [5.74, 6) is -3.85. The molecule has 2 aromatic carbocycles. The fourth-order valence-corrected chi connectivity index (χ4v) is 4.16. The number of benzene rings is 2. The summed E-state index contributed by atoms with van der Waals surface area (Å²) in [5, 5.41) is 2.79. The molecule has 0 bridgehead atoms. The molecule has 1 heterocycles. The van der Waals surface area contributed by atoms with Gasteiger partial charge in [-0.25, -0.2) is 13.8 Å². The number of para-hydroxylation sites is 1. The molecule has 1 amide bonds. The number of nitrogens with one attached hydrogen (secondary N) is 1. The molecule has 162 valence electrons. The van der Waals surface area contributed by atoms with Crippen molar-refractivity contribution < 1.29 is 18.3 Å². The van der Waals surface area contributed by atoms with E-state index < -0.39 is 46.5 Å². The van der Waals surface area contributed by atoms with Crippen LogP contribution in [0.15, 0.2) is 64.6 Å². The molecule has 1 saturated carbocycles. The fraction of sp³-hybridized carbons (Fsp3) is 0.286. The van der Waals surface area contributed by atoms with Gasteiger partial charge in [-0.1, -0.05) is 48.5 Å². The second-order valence-corrected chi connectivity index (χ2v) is 9.17. The number of nitrogens with zero attached hydrogens (tertiary/aromatic N) is 2. The van der Waals surface area contributed by atoms with Gasteiger partial charge in [-0.15, -0.1) is 0 Å². The first-order valence-corrected chi connectivity index (χ1v) is 10.6. The Balaban J connectivity index is 1.64. The standard InChI is InChI=1S/C21H20F2IN5O2/c22-20(23)10-13(11-20)21(24,26)31-19(25)29-17-18(30)27-15-9-5-4-8-14(15)16(28-17)12-6-2-1-3-7-12/h1-9,13,17H,10-11,26H2,(H2,25,29)(H,27,30). The number of benzodiazepines with no additional fused rings is 1. The number of amidine groups is 1. The molecule has 7 nitrogen and oxygen atoms in total. The van der Waals surface area contributed by atoms with Gasteiger partial charge in [-0.3, -0.25) is 10.5 Å². The predicted molar refractivity (Wildman–Crippen MR) is 122 cm³/mol. The van der Waals surface area contributed by atoms with Gasteiger partial charge in [-0.05, 0) is 28.7 Å². The van der Waals surface area contributed by atoms with E-state index in [0.717, 1.165) is 11.1 Å². The van der Waals surface area contributed by atoms with Crippen molar-refractivity contribution in [1.29, 1.82) is 0 Å². The van der Waals surface area contributed by atoms with Crippen LogP contribution < -0.4 is 16.8 Å². The van der Waals surface area contributed by atoms with Crippen molar-refractivity contribution >= 4 is 45.9 Å². The lowest BCUT2D eigenvalue weighted by Gasteiger charge is -2.42. The minimum absolute atomic E-state index is 0.394. The van der Waals surface area contributed by atoms with Gasteiger partial charge in [0.2, 0.25) is 15.8 Å². The lowest BCUT2D eigenvalue weighted by molar-refractivity contribution is -0.141. The van der Waals surface area contributed by atoms with Crippen LogP contribution in [0.5, 0.6) is 0 Å². The summed E-state index contributed by atoms with van der Waals surface area (Å²) >= 11 is 1.73. The maximum atomic E-state index is 13.2. The molecule has 4 rings (SSSR count). The van der Waals surface area contributed by atoms with Gasteiger partial charge in [0, 0.05) is 29.9 Å². The summed E-state index contributed by atoms with van der Waals surface area (Å²) in [6, 6.07) is 16.2. The van der Waals surface area contributed by atoms with Gasteiger partial charge in [0.1, 0.15) is 0 Å². The van der Waals surface area contributed by atoms with Gasteiger partial charge in [0.15, 0.2) is 0 Å². The van der Waals surface area contributed by atoms with Crippen LogP contribution in [0.2, 0.25) is 0 Å². The van der Waals surface area contributed by atoms with Crippen molar-refractivity contribution in [3.8, 4) is 0 Å². The number of anilines is 1. The number of aliphatic imine (C=N–C) groups is 2. The van der Waals surface area contributed by atoms with Crippen LogP contribution in [-0.2, 0) is 9.53 Å². The van der Waals surface area contributed by atoms with E-state index in [2.05, 4.69) is 15.3 Å². The Morgan fingerprint density at radius 3 is 2.52 bits per heavy atom. The lowest BCUT2D eigenvalue weighted by atomic mass is 9.80. The molecule has 2 aliphatic rings. The van der Waals surface area contributed by atoms with E-state index in [1.165, 1.54) is 0 Å². The molecular weight excluding hydrogens is 519 g/mol. The number of ether oxygens (including phenoxy) is 1. The van der Waals surface area contributed by atoms with Crippen LogP contribution in [0, 0.1) is 5.92 Å². The highest BCUT2D eigenvalue weighted by Gasteiger charge is 2.54. The molecule has 1 aliphatic carbocycles. The van der Waals surface area contributed by atoms with Gasteiger partial charge < -0.3 is 15.8 Å². The Labute approximate surface area is 191 Å². The smallest absolute Gasteiger partial charge is 0.286 e. The maximum absolute atomic E-state index is 13.2. The summed E-state index contributed by atoms with van der Waals surface area (Å²) in [5.41, 5.74) is 14.6. The number of hydrogen-bond acceptors (Lipinski definition) is 5. The number of amides is 1. The van der Waals surface area contributed by atoms with E-state index in [1.807, 2.05) is 42.5 Å². The van der Waals surface area contributed by atoms with Crippen LogP contribution in [0.4, 0.5) is 14.5 Å². The Kier molecular flexibility index (Phi) is 5.69. The second kappa shape index (κ2) is 8.15. The van der Waals surface area contributed by atoms with Gasteiger partial charge in [0.05, 0.1) is 11.4 Å². The molecule has 0 saturated heterocycles. The molecule has 2 unspecified atom stereocenters.